The molecule has 6 rings (SSSR count). The molecule has 0 radical (unpaired) electrons. The Kier molecular flexibility index (Phi) is 4.70. The molecular weight excluding hydrogens is 384 g/mol. The molecule has 164 valence electrons. The summed E-state index contributed by atoms with van der Waals surface area (Å²) in [6.07, 6.45) is 15.4. The van der Waals surface area contributed by atoms with Crippen molar-refractivity contribution in [2.75, 3.05) is 0 Å². The minimum atomic E-state index is -0.330. The normalized spacial score (nSPS) is 23.0. The molecule has 3 saturated carbocycles. The van der Waals surface area contributed by atoms with Gasteiger partial charge in [-0.05, 0) is 91.7 Å². The average molecular weight is 419 g/mol. The molecule has 0 amide bonds. The van der Waals surface area contributed by atoms with Crippen LogP contribution < -0.4 is 4.74 Å². The van der Waals surface area contributed by atoms with E-state index in [0.717, 1.165) is 60.1 Å². The van der Waals surface area contributed by atoms with Gasteiger partial charge >= 0.3 is 0 Å². The zero-order chi connectivity index (χ0) is 21.0. The molecule has 0 aromatic heterocycles. The zero-order valence-electron chi connectivity index (χ0n) is 18.5. The van der Waals surface area contributed by atoms with Crippen LogP contribution in [-0.2, 0) is 5.60 Å². The van der Waals surface area contributed by atoms with Crippen molar-refractivity contribution in [1.29, 1.82) is 0 Å². The SMILES string of the molecule is Oc1cc2c(cc1C1CCCCC1)-c1cc(C3CCCCC3)c(O)cc1C1(CCC1)O2. The van der Waals surface area contributed by atoms with Gasteiger partial charge in [0.25, 0.3) is 0 Å². The van der Waals surface area contributed by atoms with Crippen molar-refractivity contribution in [1.82, 2.24) is 0 Å². The number of hydrogen-bond acceptors (Lipinski definition) is 3. The van der Waals surface area contributed by atoms with E-state index >= 15 is 0 Å². The first-order chi connectivity index (χ1) is 15.1. The van der Waals surface area contributed by atoms with Crippen molar-refractivity contribution < 1.29 is 14.9 Å². The summed E-state index contributed by atoms with van der Waals surface area (Å²) in [5.41, 5.74) is 5.38. The van der Waals surface area contributed by atoms with Crippen molar-refractivity contribution in [3.63, 3.8) is 0 Å². The highest BCUT2D eigenvalue weighted by Gasteiger charge is 2.47. The molecule has 0 unspecified atom stereocenters. The van der Waals surface area contributed by atoms with Gasteiger partial charge in [-0.1, -0.05) is 38.5 Å². The molecule has 1 heterocycles. The highest BCUT2D eigenvalue weighted by Crippen LogP contribution is 2.57. The minimum absolute atomic E-state index is 0.330. The van der Waals surface area contributed by atoms with E-state index in [1.54, 1.807) is 0 Å². The van der Waals surface area contributed by atoms with Crippen molar-refractivity contribution in [3.05, 3.63) is 41.0 Å². The van der Waals surface area contributed by atoms with E-state index in [0.29, 0.717) is 23.3 Å². The number of rotatable bonds is 2. The predicted octanol–water partition coefficient (Wildman–Crippen LogP) is 7.63. The van der Waals surface area contributed by atoms with E-state index in [2.05, 4.69) is 12.1 Å². The molecule has 3 heteroatoms. The monoisotopic (exact) mass is 418 g/mol. The Bertz CT molecular complexity index is 992. The molecule has 0 saturated heterocycles. The number of benzene rings is 2. The maximum atomic E-state index is 11.0. The summed E-state index contributed by atoms with van der Waals surface area (Å²) in [6, 6.07) is 8.40. The van der Waals surface area contributed by atoms with Gasteiger partial charge in [0.1, 0.15) is 22.8 Å². The fourth-order valence-corrected chi connectivity index (χ4v) is 6.70. The van der Waals surface area contributed by atoms with Crippen LogP contribution in [0.3, 0.4) is 0 Å². The van der Waals surface area contributed by atoms with Crippen LogP contribution in [0.4, 0.5) is 0 Å². The Morgan fingerprint density at radius 1 is 0.645 bits per heavy atom. The van der Waals surface area contributed by atoms with Gasteiger partial charge in [-0.3, -0.25) is 0 Å². The van der Waals surface area contributed by atoms with Crippen molar-refractivity contribution >= 4 is 0 Å². The lowest BCUT2D eigenvalue weighted by atomic mass is 9.69. The molecule has 1 aliphatic heterocycles. The van der Waals surface area contributed by atoms with Crippen LogP contribution in [0.25, 0.3) is 11.1 Å². The third kappa shape index (κ3) is 3.15. The molecule has 1 spiro atoms. The zero-order valence-corrected chi connectivity index (χ0v) is 18.5. The van der Waals surface area contributed by atoms with Crippen LogP contribution >= 0.6 is 0 Å². The lowest BCUT2D eigenvalue weighted by molar-refractivity contribution is -0.0147. The van der Waals surface area contributed by atoms with E-state index in [4.69, 9.17) is 4.74 Å². The highest BCUT2D eigenvalue weighted by molar-refractivity contribution is 5.80. The van der Waals surface area contributed by atoms with E-state index in [1.807, 2.05) is 12.1 Å². The number of ether oxygens (including phenoxy) is 1. The minimum Gasteiger partial charge on any atom is -0.508 e. The lowest BCUT2D eigenvalue weighted by Crippen LogP contribution is -2.42. The molecule has 0 atom stereocenters. The lowest BCUT2D eigenvalue weighted by Gasteiger charge is -2.47. The summed E-state index contributed by atoms with van der Waals surface area (Å²) in [6.45, 7) is 0. The van der Waals surface area contributed by atoms with E-state index < -0.39 is 0 Å². The second-order valence-electron chi connectivity index (χ2n) is 10.5. The number of phenolic OH excluding ortho intramolecular Hbond substituents is 2. The fraction of sp³-hybridized carbons (Fsp3) is 0.571. The Labute approximate surface area is 185 Å². The van der Waals surface area contributed by atoms with E-state index in [1.165, 1.54) is 56.9 Å². The second-order valence-corrected chi connectivity index (χ2v) is 10.5. The smallest absolute Gasteiger partial charge is 0.135 e. The third-order valence-electron chi connectivity index (χ3n) is 8.63. The number of hydrogen-bond donors (Lipinski definition) is 2. The van der Waals surface area contributed by atoms with Crippen molar-refractivity contribution in [2.45, 2.75) is 101 Å². The van der Waals surface area contributed by atoms with Crippen LogP contribution in [0.2, 0.25) is 0 Å². The Balaban J connectivity index is 1.50. The van der Waals surface area contributed by atoms with Gasteiger partial charge in [-0.25, -0.2) is 0 Å². The Morgan fingerprint density at radius 2 is 1.19 bits per heavy atom. The van der Waals surface area contributed by atoms with Gasteiger partial charge in [0.15, 0.2) is 0 Å². The van der Waals surface area contributed by atoms with Crippen LogP contribution in [0.1, 0.15) is 112 Å². The van der Waals surface area contributed by atoms with Crippen LogP contribution in [0.5, 0.6) is 17.2 Å². The van der Waals surface area contributed by atoms with Gasteiger partial charge in [-0.15, -0.1) is 0 Å². The molecular formula is C28H34O3. The average Bonchev–Trinajstić information content (AvgIpc) is 2.78. The summed E-state index contributed by atoms with van der Waals surface area (Å²) in [5.74, 6) is 2.57. The van der Waals surface area contributed by atoms with Gasteiger partial charge in [0.05, 0.1) is 0 Å². The van der Waals surface area contributed by atoms with Gasteiger partial charge in [0.2, 0.25) is 0 Å². The number of fused-ring (bicyclic) bond motifs is 4. The molecule has 2 N–H and O–H groups in total. The largest absolute Gasteiger partial charge is 0.508 e. The quantitative estimate of drug-likeness (QED) is 0.527. The number of aromatic hydroxyl groups is 2. The maximum Gasteiger partial charge on any atom is 0.135 e. The standard InChI is InChI=1S/C28H34O3/c29-25-16-24-22(14-20(25)18-8-3-1-4-9-18)23-15-21(19-10-5-2-6-11-19)26(30)17-27(23)31-28(24)12-7-13-28/h14-19,29-30H,1-13H2. The fourth-order valence-electron chi connectivity index (χ4n) is 6.70. The van der Waals surface area contributed by atoms with Gasteiger partial charge in [-0.2, -0.15) is 0 Å². The molecule has 4 aliphatic rings. The molecule has 2 aromatic carbocycles. The molecule has 0 bridgehead atoms. The maximum absolute atomic E-state index is 11.0. The molecule has 3 fully saturated rings. The van der Waals surface area contributed by atoms with Gasteiger partial charge in [0, 0.05) is 17.2 Å². The highest BCUT2D eigenvalue weighted by atomic mass is 16.5. The third-order valence-corrected chi connectivity index (χ3v) is 8.63. The summed E-state index contributed by atoms with van der Waals surface area (Å²) in [4.78, 5) is 0. The van der Waals surface area contributed by atoms with Crippen molar-refractivity contribution in [2.24, 2.45) is 0 Å². The summed E-state index contributed by atoms with van der Waals surface area (Å²) < 4.78 is 6.57. The first-order valence-electron chi connectivity index (χ1n) is 12.6. The first kappa shape index (κ1) is 19.5. The molecule has 3 aliphatic carbocycles. The first-order valence-corrected chi connectivity index (χ1v) is 12.6. The van der Waals surface area contributed by atoms with Crippen LogP contribution in [0.15, 0.2) is 24.3 Å². The van der Waals surface area contributed by atoms with Crippen LogP contribution in [0, 0.1) is 0 Å². The van der Waals surface area contributed by atoms with Gasteiger partial charge < -0.3 is 14.9 Å². The second kappa shape index (κ2) is 7.46. The van der Waals surface area contributed by atoms with E-state index in [9.17, 15) is 10.2 Å². The van der Waals surface area contributed by atoms with Crippen LogP contribution in [-0.4, -0.2) is 10.2 Å². The molecule has 2 aromatic rings. The Morgan fingerprint density at radius 3 is 1.74 bits per heavy atom. The van der Waals surface area contributed by atoms with Crippen molar-refractivity contribution in [3.8, 4) is 28.4 Å². The topological polar surface area (TPSA) is 49.7 Å². The molecule has 31 heavy (non-hydrogen) atoms. The summed E-state index contributed by atoms with van der Waals surface area (Å²) in [5, 5.41) is 21.9. The summed E-state index contributed by atoms with van der Waals surface area (Å²) >= 11 is 0. The summed E-state index contributed by atoms with van der Waals surface area (Å²) in [7, 11) is 0. The Hall–Kier alpha value is -2.16. The number of phenols is 2. The predicted molar refractivity (Wildman–Crippen MR) is 123 cm³/mol. The molecule has 3 nitrogen and oxygen atoms in total. The van der Waals surface area contributed by atoms with E-state index in [-0.39, 0.29) is 5.60 Å².